The Morgan fingerprint density at radius 2 is 0.975 bits per heavy atom. The highest BCUT2D eigenvalue weighted by Gasteiger charge is 2.32. The first kappa shape index (κ1) is 27.5. The van der Waals surface area contributed by atoms with Gasteiger partial charge in [-0.05, 0) is 100 Å². The molecule has 0 bridgehead atoms. The van der Waals surface area contributed by atoms with Crippen LogP contribution in [-0.2, 0) is 5.54 Å². The van der Waals surface area contributed by atoms with Crippen LogP contribution in [0.3, 0.4) is 0 Å². The number of aryl methyl sites for hydroxylation is 1. The summed E-state index contributed by atoms with van der Waals surface area (Å²) < 4.78 is 0. The molecule has 2 N–H and O–H groups in total. The van der Waals surface area contributed by atoms with Crippen LogP contribution < -0.4 is 5.84 Å². The van der Waals surface area contributed by atoms with Gasteiger partial charge >= 0.3 is 0 Å². The largest absolute Gasteiger partial charge is 0.255 e. The van der Waals surface area contributed by atoms with Gasteiger partial charge in [-0.25, -0.2) is 5.01 Å². The van der Waals surface area contributed by atoms with Crippen molar-refractivity contribution in [2.24, 2.45) is 5.84 Å². The lowest BCUT2D eigenvalue weighted by Crippen LogP contribution is -2.53. The van der Waals surface area contributed by atoms with Gasteiger partial charge in [-0.15, -0.1) is 0 Å². The van der Waals surface area contributed by atoms with Crippen molar-refractivity contribution in [1.82, 2.24) is 10.1 Å². The predicted molar refractivity (Wildman–Crippen MR) is 170 cm³/mol. The Balaban J connectivity index is 1.57. The standard InChI is InChI=1S/C37H39N3/c1-6-37(3,39(4)40(5)38)36-21-20-32(22-27(36)2)30-18-13-19-31(23-30)35-25-33(28-14-9-7-10-15-28)24-34(26-35)29-16-11-8-12-17-29/h7-26H,6,38H2,1-5H3. The van der Waals surface area contributed by atoms with Crippen molar-refractivity contribution < 1.29 is 0 Å². The van der Waals surface area contributed by atoms with Crippen LogP contribution in [0.15, 0.2) is 121 Å². The Kier molecular flexibility index (Phi) is 7.99. The molecule has 0 amide bonds. The number of rotatable bonds is 8. The SMILES string of the molecule is CCC(C)(c1ccc(-c2cccc(-c3cc(-c4ccccc4)cc(-c4ccccc4)c3)c2)cc1C)N(C)N(C)N. The first-order valence-electron chi connectivity index (χ1n) is 14.0. The van der Waals surface area contributed by atoms with E-state index >= 15 is 0 Å². The Hall–Kier alpha value is -4.02. The number of hydrogen-bond donors (Lipinski definition) is 1. The number of nitrogens with zero attached hydrogens (tertiary/aromatic N) is 2. The van der Waals surface area contributed by atoms with E-state index in [4.69, 9.17) is 5.84 Å². The second-order valence-corrected chi connectivity index (χ2v) is 10.9. The second kappa shape index (κ2) is 11.6. The van der Waals surface area contributed by atoms with Gasteiger partial charge in [0.05, 0.1) is 5.54 Å². The second-order valence-electron chi connectivity index (χ2n) is 10.9. The van der Waals surface area contributed by atoms with E-state index in [1.165, 1.54) is 55.6 Å². The Morgan fingerprint density at radius 1 is 0.550 bits per heavy atom. The van der Waals surface area contributed by atoms with E-state index < -0.39 is 0 Å². The van der Waals surface area contributed by atoms with Gasteiger partial charge in [-0.2, -0.15) is 5.12 Å². The molecule has 0 radical (unpaired) electrons. The third kappa shape index (κ3) is 5.50. The minimum Gasteiger partial charge on any atom is -0.255 e. The Morgan fingerprint density at radius 3 is 1.45 bits per heavy atom. The third-order valence-corrected chi connectivity index (χ3v) is 8.36. The molecule has 5 aromatic rings. The minimum absolute atomic E-state index is 0.195. The van der Waals surface area contributed by atoms with Crippen LogP contribution in [0.2, 0.25) is 0 Å². The van der Waals surface area contributed by atoms with E-state index in [0.717, 1.165) is 6.42 Å². The van der Waals surface area contributed by atoms with Crippen LogP contribution in [0.25, 0.3) is 44.5 Å². The molecule has 3 heteroatoms. The molecule has 0 heterocycles. The first-order valence-corrected chi connectivity index (χ1v) is 14.0. The van der Waals surface area contributed by atoms with Gasteiger partial charge in [0.15, 0.2) is 0 Å². The summed E-state index contributed by atoms with van der Waals surface area (Å²) in [4.78, 5) is 0. The molecule has 202 valence electrons. The summed E-state index contributed by atoms with van der Waals surface area (Å²) in [5.41, 5.74) is 12.1. The van der Waals surface area contributed by atoms with Gasteiger partial charge in [0.2, 0.25) is 0 Å². The fourth-order valence-electron chi connectivity index (χ4n) is 5.66. The summed E-state index contributed by atoms with van der Waals surface area (Å²) in [7, 11) is 3.94. The van der Waals surface area contributed by atoms with Crippen molar-refractivity contribution in [3.63, 3.8) is 0 Å². The molecule has 3 nitrogen and oxygen atoms in total. The highest BCUT2D eigenvalue weighted by Crippen LogP contribution is 2.37. The molecule has 0 saturated heterocycles. The van der Waals surface area contributed by atoms with E-state index in [1.54, 1.807) is 5.12 Å². The molecule has 0 spiro atoms. The molecule has 0 aromatic heterocycles. The number of hydrogen-bond acceptors (Lipinski definition) is 3. The zero-order chi connectivity index (χ0) is 28.3. The van der Waals surface area contributed by atoms with E-state index in [1.807, 2.05) is 14.1 Å². The predicted octanol–water partition coefficient (Wildman–Crippen LogP) is 8.94. The molecule has 0 aliphatic carbocycles. The lowest BCUT2D eigenvalue weighted by atomic mass is 9.84. The maximum Gasteiger partial charge on any atom is 0.0586 e. The number of hydrazine groups is 2. The van der Waals surface area contributed by atoms with Crippen molar-refractivity contribution in [1.29, 1.82) is 0 Å². The summed E-state index contributed by atoms with van der Waals surface area (Å²) in [5, 5.41) is 3.78. The van der Waals surface area contributed by atoms with E-state index in [2.05, 4.69) is 147 Å². The lowest BCUT2D eigenvalue weighted by molar-refractivity contribution is -0.0717. The van der Waals surface area contributed by atoms with Crippen LogP contribution >= 0.6 is 0 Å². The summed E-state index contributed by atoms with van der Waals surface area (Å²) in [6, 6.07) is 43.9. The fourth-order valence-corrected chi connectivity index (χ4v) is 5.66. The highest BCUT2D eigenvalue weighted by molar-refractivity contribution is 5.82. The molecular weight excluding hydrogens is 486 g/mol. The summed E-state index contributed by atoms with van der Waals surface area (Å²) in [6.07, 6.45) is 0.947. The van der Waals surface area contributed by atoms with Gasteiger partial charge < -0.3 is 0 Å². The van der Waals surface area contributed by atoms with Crippen molar-refractivity contribution in [2.75, 3.05) is 14.1 Å². The summed E-state index contributed by atoms with van der Waals surface area (Å²) >= 11 is 0. The Labute approximate surface area is 239 Å². The van der Waals surface area contributed by atoms with Crippen LogP contribution in [0.4, 0.5) is 0 Å². The van der Waals surface area contributed by atoms with Crippen molar-refractivity contribution in [3.8, 4) is 44.5 Å². The van der Waals surface area contributed by atoms with Crippen LogP contribution in [0.1, 0.15) is 31.4 Å². The quantitative estimate of drug-likeness (QED) is 0.162. The minimum atomic E-state index is -0.195. The van der Waals surface area contributed by atoms with E-state index in [-0.39, 0.29) is 5.54 Å². The molecule has 40 heavy (non-hydrogen) atoms. The number of benzene rings is 5. The average Bonchev–Trinajstić information content (AvgIpc) is 3.01. The Bertz CT molecular complexity index is 1530. The first-order chi connectivity index (χ1) is 19.3. The van der Waals surface area contributed by atoms with E-state index in [0.29, 0.717) is 0 Å². The lowest BCUT2D eigenvalue weighted by Gasteiger charge is -2.42. The molecule has 5 rings (SSSR count). The van der Waals surface area contributed by atoms with Gasteiger partial charge in [0.25, 0.3) is 0 Å². The van der Waals surface area contributed by atoms with Crippen LogP contribution in [0, 0.1) is 6.92 Å². The molecule has 0 aliphatic rings. The molecule has 0 aliphatic heterocycles. The topological polar surface area (TPSA) is 32.5 Å². The van der Waals surface area contributed by atoms with Gasteiger partial charge in [-0.1, -0.05) is 104 Å². The molecule has 1 unspecified atom stereocenters. The van der Waals surface area contributed by atoms with Crippen molar-refractivity contribution >= 4 is 0 Å². The molecule has 0 saturated carbocycles. The third-order valence-electron chi connectivity index (χ3n) is 8.36. The average molecular weight is 526 g/mol. The van der Waals surface area contributed by atoms with Crippen molar-refractivity contribution in [2.45, 2.75) is 32.7 Å². The fraction of sp³-hybridized carbons (Fsp3) is 0.189. The zero-order valence-corrected chi connectivity index (χ0v) is 24.2. The maximum absolute atomic E-state index is 6.13. The monoisotopic (exact) mass is 525 g/mol. The van der Waals surface area contributed by atoms with Gasteiger partial charge in [0.1, 0.15) is 0 Å². The molecule has 0 fully saturated rings. The highest BCUT2D eigenvalue weighted by atomic mass is 15.7. The van der Waals surface area contributed by atoms with Crippen LogP contribution in [-0.4, -0.2) is 24.2 Å². The molecule has 5 aromatic carbocycles. The van der Waals surface area contributed by atoms with Crippen LogP contribution in [0.5, 0.6) is 0 Å². The van der Waals surface area contributed by atoms with Crippen molar-refractivity contribution in [3.05, 3.63) is 132 Å². The smallest absolute Gasteiger partial charge is 0.0586 e. The molecular formula is C37H39N3. The van der Waals surface area contributed by atoms with E-state index in [9.17, 15) is 0 Å². The molecule has 1 atom stereocenters. The summed E-state index contributed by atoms with van der Waals surface area (Å²) in [6.45, 7) is 6.67. The summed E-state index contributed by atoms with van der Waals surface area (Å²) in [5.74, 6) is 6.13. The van der Waals surface area contributed by atoms with Gasteiger partial charge in [-0.3, -0.25) is 5.84 Å². The number of nitrogens with two attached hydrogens (primary N) is 1. The normalized spacial score (nSPS) is 13.0. The maximum atomic E-state index is 6.13. The van der Waals surface area contributed by atoms with Gasteiger partial charge in [0, 0.05) is 14.1 Å². The zero-order valence-electron chi connectivity index (χ0n) is 24.2.